The minimum Gasteiger partial charge on any atom is -0.354 e. The maximum atomic E-state index is 12.9. The standard InChI is InChI=1S/C12H7BrFN3/c13-9-1-2-11(8(5-9)7-15)17-10-3-4-16-12(14)6-10/h1-6H,(H,16,17). The molecule has 0 saturated carbocycles. The van der Waals surface area contributed by atoms with Gasteiger partial charge < -0.3 is 5.32 Å². The molecule has 0 aliphatic carbocycles. The number of anilines is 2. The second-order valence-corrected chi connectivity index (χ2v) is 4.21. The van der Waals surface area contributed by atoms with Crippen LogP contribution in [0.3, 0.4) is 0 Å². The summed E-state index contributed by atoms with van der Waals surface area (Å²) in [5, 5.41) is 11.9. The van der Waals surface area contributed by atoms with Gasteiger partial charge in [0.1, 0.15) is 6.07 Å². The molecule has 0 aliphatic rings. The van der Waals surface area contributed by atoms with Crippen molar-refractivity contribution in [1.82, 2.24) is 4.98 Å². The number of halogens is 2. The predicted molar refractivity (Wildman–Crippen MR) is 66.3 cm³/mol. The van der Waals surface area contributed by atoms with Gasteiger partial charge >= 0.3 is 0 Å². The second-order valence-electron chi connectivity index (χ2n) is 3.29. The molecule has 0 fully saturated rings. The van der Waals surface area contributed by atoms with E-state index in [4.69, 9.17) is 5.26 Å². The summed E-state index contributed by atoms with van der Waals surface area (Å²) in [7, 11) is 0. The van der Waals surface area contributed by atoms with Crippen LogP contribution in [0.5, 0.6) is 0 Å². The van der Waals surface area contributed by atoms with Crippen molar-refractivity contribution in [1.29, 1.82) is 5.26 Å². The molecule has 17 heavy (non-hydrogen) atoms. The number of benzene rings is 1. The van der Waals surface area contributed by atoms with Gasteiger partial charge in [-0.3, -0.25) is 0 Å². The fourth-order valence-corrected chi connectivity index (χ4v) is 1.71. The summed E-state index contributed by atoms with van der Waals surface area (Å²) in [6.45, 7) is 0. The lowest BCUT2D eigenvalue weighted by Crippen LogP contribution is -1.95. The monoisotopic (exact) mass is 291 g/mol. The number of nitriles is 1. The number of hydrogen-bond donors (Lipinski definition) is 1. The molecular weight excluding hydrogens is 285 g/mol. The van der Waals surface area contributed by atoms with Gasteiger partial charge in [0.2, 0.25) is 5.95 Å². The first-order valence-electron chi connectivity index (χ1n) is 4.77. The van der Waals surface area contributed by atoms with E-state index in [1.807, 2.05) is 0 Å². The van der Waals surface area contributed by atoms with E-state index in [0.29, 0.717) is 16.9 Å². The van der Waals surface area contributed by atoms with Gasteiger partial charge in [0, 0.05) is 22.4 Å². The Balaban J connectivity index is 2.34. The van der Waals surface area contributed by atoms with Gasteiger partial charge in [0.05, 0.1) is 11.3 Å². The van der Waals surface area contributed by atoms with Crippen LogP contribution in [0.2, 0.25) is 0 Å². The lowest BCUT2D eigenvalue weighted by molar-refractivity contribution is 0.584. The molecular formula is C12H7BrFN3. The Bertz CT molecular complexity index is 593. The Morgan fingerprint density at radius 3 is 2.82 bits per heavy atom. The fraction of sp³-hybridized carbons (Fsp3) is 0. The van der Waals surface area contributed by atoms with Crippen molar-refractivity contribution in [3.63, 3.8) is 0 Å². The van der Waals surface area contributed by atoms with Crippen molar-refractivity contribution in [2.24, 2.45) is 0 Å². The first kappa shape index (κ1) is 11.6. The average molecular weight is 292 g/mol. The van der Waals surface area contributed by atoms with Crippen molar-refractivity contribution < 1.29 is 4.39 Å². The fourth-order valence-electron chi connectivity index (χ4n) is 1.35. The molecule has 0 atom stereocenters. The minimum absolute atomic E-state index is 0.483. The van der Waals surface area contributed by atoms with E-state index in [-0.39, 0.29) is 0 Å². The molecule has 84 valence electrons. The largest absolute Gasteiger partial charge is 0.354 e. The molecule has 1 aromatic carbocycles. The normalized spacial score (nSPS) is 9.71. The average Bonchev–Trinajstić information content (AvgIpc) is 2.31. The molecule has 3 nitrogen and oxygen atoms in total. The van der Waals surface area contributed by atoms with Crippen LogP contribution >= 0.6 is 15.9 Å². The summed E-state index contributed by atoms with van der Waals surface area (Å²) in [6.07, 6.45) is 1.36. The van der Waals surface area contributed by atoms with Crippen LogP contribution in [0.25, 0.3) is 0 Å². The van der Waals surface area contributed by atoms with Crippen LogP contribution < -0.4 is 5.32 Å². The van der Waals surface area contributed by atoms with Gasteiger partial charge in [-0.25, -0.2) is 4.98 Å². The third-order valence-corrected chi connectivity index (χ3v) is 2.60. The number of nitrogens with one attached hydrogen (secondary N) is 1. The first-order chi connectivity index (χ1) is 8.19. The van der Waals surface area contributed by atoms with Gasteiger partial charge in [0.15, 0.2) is 0 Å². The minimum atomic E-state index is -0.564. The molecule has 0 spiro atoms. The SMILES string of the molecule is N#Cc1cc(Br)ccc1Nc1ccnc(F)c1. The lowest BCUT2D eigenvalue weighted by atomic mass is 10.2. The Kier molecular flexibility index (Phi) is 3.35. The van der Waals surface area contributed by atoms with Crippen molar-refractivity contribution >= 4 is 27.3 Å². The third kappa shape index (κ3) is 2.80. The number of aromatic nitrogens is 1. The van der Waals surface area contributed by atoms with Crippen LogP contribution in [0, 0.1) is 17.3 Å². The molecule has 2 aromatic rings. The highest BCUT2D eigenvalue weighted by Gasteiger charge is 2.03. The molecule has 0 unspecified atom stereocenters. The quantitative estimate of drug-likeness (QED) is 0.860. The molecule has 0 radical (unpaired) electrons. The number of nitrogens with zero attached hydrogens (tertiary/aromatic N) is 2. The van der Waals surface area contributed by atoms with Gasteiger partial charge in [-0.15, -0.1) is 0 Å². The van der Waals surface area contributed by atoms with E-state index < -0.39 is 5.95 Å². The Hall–Kier alpha value is -1.93. The Morgan fingerprint density at radius 1 is 1.29 bits per heavy atom. The molecule has 1 heterocycles. The van der Waals surface area contributed by atoms with Gasteiger partial charge in [0.25, 0.3) is 0 Å². The van der Waals surface area contributed by atoms with E-state index in [1.54, 1.807) is 24.3 Å². The maximum Gasteiger partial charge on any atom is 0.214 e. The zero-order valence-corrected chi connectivity index (χ0v) is 10.2. The highest BCUT2D eigenvalue weighted by molar-refractivity contribution is 9.10. The lowest BCUT2D eigenvalue weighted by Gasteiger charge is -2.08. The van der Waals surface area contributed by atoms with Crippen LogP contribution in [-0.2, 0) is 0 Å². The maximum absolute atomic E-state index is 12.9. The van der Waals surface area contributed by atoms with Crippen molar-refractivity contribution in [2.45, 2.75) is 0 Å². The molecule has 0 saturated heterocycles. The molecule has 1 N–H and O–H groups in total. The van der Waals surface area contributed by atoms with Gasteiger partial charge in [-0.2, -0.15) is 9.65 Å². The summed E-state index contributed by atoms with van der Waals surface area (Å²) in [4.78, 5) is 3.46. The van der Waals surface area contributed by atoms with Crippen LogP contribution in [0.1, 0.15) is 5.56 Å². The van der Waals surface area contributed by atoms with Gasteiger partial charge in [-0.1, -0.05) is 15.9 Å². The van der Waals surface area contributed by atoms with Crippen LogP contribution in [0.15, 0.2) is 41.0 Å². The summed E-state index contributed by atoms with van der Waals surface area (Å²) in [6, 6.07) is 10.2. The van der Waals surface area contributed by atoms with E-state index in [0.717, 1.165) is 4.47 Å². The molecule has 2 rings (SSSR count). The van der Waals surface area contributed by atoms with Crippen LogP contribution in [-0.4, -0.2) is 4.98 Å². The van der Waals surface area contributed by atoms with E-state index >= 15 is 0 Å². The van der Waals surface area contributed by atoms with E-state index in [2.05, 4.69) is 32.3 Å². The highest BCUT2D eigenvalue weighted by atomic mass is 79.9. The topological polar surface area (TPSA) is 48.7 Å². The second kappa shape index (κ2) is 4.93. The molecule has 5 heteroatoms. The number of rotatable bonds is 2. The summed E-state index contributed by atoms with van der Waals surface area (Å²) in [5.74, 6) is -0.564. The third-order valence-electron chi connectivity index (χ3n) is 2.11. The van der Waals surface area contributed by atoms with Crippen molar-refractivity contribution in [2.75, 3.05) is 5.32 Å². The Labute approximate surface area is 106 Å². The molecule has 0 amide bonds. The number of pyridine rings is 1. The molecule has 1 aromatic heterocycles. The zero-order chi connectivity index (χ0) is 12.3. The Morgan fingerprint density at radius 2 is 2.12 bits per heavy atom. The smallest absolute Gasteiger partial charge is 0.214 e. The first-order valence-corrected chi connectivity index (χ1v) is 5.56. The summed E-state index contributed by atoms with van der Waals surface area (Å²) in [5.41, 5.74) is 1.66. The molecule has 0 aliphatic heterocycles. The van der Waals surface area contributed by atoms with Gasteiger partial charge in [-0.05, 0) is 24.3 Å². The highest BCUT2D eigenvalue weighted by Crippen LogP contribution is 2.23. The van der Waals surface area contributed by atoms with E-state index in [1.165, 1.54) is 12.3 Å². The van der Waals surface area contributed by atoms with Crippen molar-refractivity contribution in [3.05, 3.63) is 52.5 Å². The van der Waals surface area contributed by atoms with Crippen LogP contribution in [0.4, 0.5) is 15.8 Å². The summed E-state index contributed by atoms with van der Waals surface area (Å²) < 4.78 is 13.7. The summed E-state index contributed by atoms with van der Waals surface area (Å²) >= 11 is 3.29. The van der Waals surface area contributed by atoms with E-state index in [9.17, 15) is 4.39 Å². The zero-order valence-electron chi connectivity index (χ0n) is 8.61. The molecule has 0 bridgehead atoms. The van der Waals surface area contributed by atoms with Crippen molar-refractivity contribution in [3.8, 4) is 6.07 Å². The predicted octanol–water partition coefficient (Wildman–Crippen LogP) is 3.60. The number of hydrogen-bond acceptors (Lipinski definition) is 3.